The van der Waals surface area contributed by atoms with Crippen LogP contribution in [0.15, 0.2) is 12.1 Å². The van der Waals surface area contributed by atoms with Gasteiger partial charge < -0.3 is 15.2 Å². The fourth-order valence-corrected chi connectivity index (χ4v) is 2.58. The van der Waals surface area contributed by atoms with Crippen molar-refractivity contribution in [2.75, 3.05) is 10.4 Å². The third kappa shape index (κ3) is 5.20. The Hall–Kier alpha value is -0.950. The molecule has 0 aliphatic rings. The molecule has 5 nitrogen and oxygen atoms in total. The number of carbonyl (C=O) groups excluding carboxylic acids is 1. The zero-order valence-electron chi connectivity index (χ0n) is 11.3. The van der Waals surface area contributed by atoms with Crippen LogP contribution in [0.2, 0.25) is 0 Å². The topological polar surface area (TPSA) is 74.2 Å². The number of nitrogens with one attached hydrogen (secondary N) is 3. The minimum Gasteiger partial charge on any atom is -0.444 e. The number of carbonyl (C=O) groups is 1. The second kappa shape index (κ2) is 7.17. The minimum atomic E-state index is -0.663. The van der Waals surface area contributed by atoms with Gasteiger partial charge in [-0.2, -0.15) is 0 Å². The van der Waals surface area contributed by atoms with Crippen molar-refractivity contribution in [1.82, 2.24) is 0 Å². The van der Waals surface area contributed by atoms with E-state index < -0.39 is 17.5 Å². The summed E-state index contributed by atoms with van der Waals surface area (Å²) in [6.07, 6.45) is 0.648. The normalized spacial score (nSPS) is 11.4. The van der Waals surface area contributed by atoms with Crippen molar-refractivity contribution >= 4 is 52.1 Å². The quantitative estimate of drug-likeness (QED) is 0.388. The highest BCUT2D eigenvalue weighted by Gasteiger charge is 2.17. The number of rotatable bonds is 4. The minimum absolute atomic E-state index is 0.248. The molecule has 1 atom stereocenters. The molecule has 0 saturated carbocycles. The summed E-state index contributed by atoms with van der Waals surface area (Å²) in [5.41, 5.74) is 0.233. The number of amides is 1. The lowest BCUT2D eigenvalue weighted by molar-refractivity contribution is 0.0636. The zero-order chi connectivity index (χ0) is 15.3. The molecular weight excluding hydrogens is 395 g/mol. The fourth-order valence-electron chi connectivity index (χ4n) is 1.41. The molecule has 1 aromatic carbocycles. The highest BCUT2D eigenvalue weighted by Crippen LogP contribution is 2.30. The molecule has 1 amide bonds. The van der Waals surface area contributed by atoms with Crippen molar-refractivity contribution in [3.05, 3.63) is 23.5 Å². The van der Waals surface area contributed by atoms with E-state index in [0.29, 0.717) is 5.56 Å². The summed E-state index contributed by atoms with van der Waals surface area (Å²) < 4.78 is 19.0. The monoisotopic (exact) mass is 411 g/mol. The van der Waals surface area contributed by atoms with Crippen LogP contribution in [-0.2, 0) is 4.74 Å². The average molecular weight is 411 g/mol. The molecule has 0 bridgehead atoms. The van der Waals surface area contributed by atoms with Gasteiger partial charge in [-0.25, -0.2) is 9.18 Å². The van der Waals surface area contributed by atoms with Gasteiger partial charge >= 0.3 is 6.09 Å². The third-order valence-electron chi connectivity index (χ3n) is 2.09. The predicted molar refractivity (Wildman–Crippen MR) is 90.1 cm³/mol. The average Bonchev–Trinajstić information content (AvgIpc) is 2.29. The highest BCUT2D eigenvalue weighted by atomic mass is 127. The number of ether oxygens (including phenoxy) is 1. The molecule has 1 rings (SSSR count). The maximum Gasteiger partial charge on any atom is 0.412 e. The summed E-state index contributed by atoms with van der Waals surface area (Å²) in [5, 5.41) is 12.6. The van der Waals surface area contributed by atoms with E-state index in [0.717, 1.165) is 6.21 Å². The Kier molecular flexibility index (Phi) is 6.13. The summed E-state index contributed by atoms with van der Waals surface area (Å²) >= 11 is 2.07. The summed E-state index contributed by atoms with van der Waals surface area (Å²) in [6, 6.07) is 2.70. The smallest absolute Gasteiger partial charge is 0.412 e. The highest BCUT2D eigenvalue weighted by molar-refractivity contribution is 14.2. The van der Waals surface area contributed by atoms with Crippen molar-refractivity contribution in [3.63, 3.8) is 0 Å². The molecule has 0 spiro atoms. The fraction of sp³-hybridized carbons (Fsp3) is 0.333. The molecule has 0 radical (unpaired) electrons. The van der Waals surface area contributed by atoms with Crippen molar-refractivity contribution in [1.29, 1.82) is 5.41 Å². The van der Waals surface area contributed by atoms with Crippen LogP contribution in [0.5, 0.6) is 0 Å². The molecule has 0 heterocycles. The van der Waals surface area contributed by atoms with Crippen molar-refractivity contribution in [2.24, 2.45) is 0 Å². The first kappa shape index (κ1) is 17.1. The molecule has 3 N–H and O–H groups in total. The SMILES string of the molecule is CC(C)(C)OC(=O)Nc1cc(F)c(NPI)c(C=N)c1. The largest absolute Gasteiger partial charge is 0.444 e. The summed E-state index contributed by atoms with van der Waals surface area (Å²) in [5.74, 6) is -0.527. The molecule has 20 heavy (non-hydrogen) atoms. The van der Waals surface area contributed by atoms with Crippen LogP contribution in [0.4, 0.5) is 20.6 Å². The maximum atomic E-state index is 13.9. The standard InChI is InChI=1S/C12H16FIN3O2P/c1-12(2,3)19-11(18)16-8-4-7(6-15)10(17-20-14)9(13)5-8/h4-6,15,17,20H,1-3H3,(H,16,18). The molecule has 0 saturated heterocycles. The second-order valence-electron chi connectivity index (χ2n) is 4.91. The molecule has 1 unspecified atom stereocenters. The van der Waals surface area contributed by atoms with Crippen molar-refractivity contribution < 1.29 is 13.9 Å². The lowest BCUT2D eigenvalue weighted by Crippen LogP contribution is -2.27. The Morgan fingerprint density at radius 1 is 1.50 bits per heavy atom. The first-order valence-corrected chi connectivity index (χ1v) is 9.84. The molecule has 0 aliphatic carbocycles. The lowest BCUT2D eigenvalue weighted by Gasteiger charge is -2.20. The van der Waals surface area contributed by atoms with E-state index in [1.54, 1.807) is 20.8 Å². The van der Waals surface area contributed by atoms with Gasteiger partial charge in [-0.1, -0.05) is 0 Å². The Morgan fingerprint density at radius 3 is 2.65 bits per heavy atom. The molecule has 8 heteroatoms. The molecule has 110 valence electrons. The van der Waals surface area contributed by atoms with E-state index >= 15 is 0 Å². The maximum absolute atomic E-state index is 13.9. The van der Waals surface area contributed by atoms with E-state index in [1.165, 1.54) is 12.1 Å². The van der Waals surface area contributed by atoms with Gasteiger partial charge in [-0.05, 0) is 54.9 Å². The number of benzene rings is 1. The van der Waals surface area contributed by atoms with E-state index in [9.17, 15) is 9.18 Å². The number of hydrogen-bond donors (Lipinski definition) is 3. The van der Waals surface area contributed by atoms with E-state index in [-0.39, 0.29) is 17.7 Å². The Morgan fingerprint density at radius 2 is 2.15 bits per heavy atom. The molecule has 0 fully saturated rings. The number of hydrogen-bond acceptors (Lipinski definition) is 4. The van der Waals surface area contributed by atoms with Gasteiger partial charge in [0.25, 0.3) is 0 Å². The van der Waals surface area contributed by atoms with Crippen molar-refractivity contribution in [2.45, 2.75) is 26.4 Å². The van der Waals surface area contributed by atoms with E-state index in [4.69, 9.17) is 10.1 Å². The van der Waals surface area contributed by atoms with Crippen LogP contribution >= 0.6 is 28.4 Å². The number of anilines is 2. The second-order valence-corrected chi connectivity index (χ2v) is 6.97. The van der Waals surface area contributed by atoms with Crippen molar-refractivity contribution in [3.8, 4) is 0 Å². The van der Waals surface area contributed by atoms with E-state index in [1.807, 2.05) is 0 Å². The summed E-state index contributed by atoms with van der Waals surface area (Å²) in [4.78, 5) is 11.6. The molecular formula is C12H16FIN3O2P. The summed E-state index contributed by atoms with van der Waals surface area (Å²) in [6.45, 7) is 5.22. The Bertz CT molecular complexity index is 520. The van der Waals surface area contributed by atoms with Gasteiger partial charge in [0.05, 0.1) is 5.69 Å². The van der Waals surface area contributed by atoms with E-state index in [2.05, 4.69) is 32.4 Å². The first-order valence-electron chi connectivity index (χ1n) is 5.72. The number of halogens is 2. The molecule has 0 aliphatic heterocycles. The molecule has 0 aromatic heterocycles. The van der Waals surface area contributed by atoms with Crippen LogP contribution < -0.4 is 10.4 Å². The van der Waals surface area contributed by atoms with Gasteiger partial charge in [-0.15, -0.1) is 0 Å². The van der Waals surface area contributed by atoms with Crippen LogP contribution in [0.3, 0.4) is 0 Å². The predicted octanol–water partition coefficient (Wildman–Crippen LogP) is 4.53. The first-order chi connectivity index (χ1) is 9.26. The van der Waals surface area contributed by atoms with Crippen LogP contribution in [0.1, 0.15) is 26.3 Å². The third-order valence-corrected chi connectivity index (χ3v) is 3.25. The Balaban J connectivity index is 2.95. The van der Waals surface area contributed by atoms with Gasteiger partial charge in [0, 0.05) is 23.8 Å². The summed E-state index contributed by atoms with van der Waals surface area (Å²) in [7, 11) is 0. The Labute approximate surface area is 131 Å². The van der Waals surface area contributed by atoms with Crippen LogP contribution in [0, 0.1) is 11.2 Å². The van der Waals surface area contributed by atoms with Gasteiger partial charge in [0.2, 0.25) is 0 Å². The lowest BCUT2D eigenvalue weighted by atomic mass is 10.1. The van der Waals surface area contributed by atoms with Crippen LogP contribution in [0.25, 0.3) is 0 Å². The van der Waals surface area contributed by atoms with Crippen LogP contribution in [-0.4, -0.2) is 17.9 Å². The van der Waals surface area contributed by atoms with Gasteiger partial charge in [-0.3, -0.25) is 5.32 Å². The van der Waals surface area contributed by atoms with Gasteiger partial charge in [0.15, 0.2) is 0 Å². The zero-order valence-corrected chi connectivity index (χ0v) is 14.5. The van der Waals surface area contributed by atoms with Gasteiger partial charge in [0.1, 0.15) is 11.4 Å². The molecule has 1 aromatic rings.